The van der Waals surface area contributed by atoms with E-state index in [0.717, 1.165) is 5.56 Å². The SMILES string of the molecule is O=Cc1cccc(F)c1C=CCCNC(=O)OCc1ccccc1. The third kappa shape index (κ3) is 5.35. The lowest BCUT2D eigenvalue weighted by atomic mass is 10.1. The summed E-state index contributed by atoms with van der Waals surface area (Å²) in [5, 5.41) is 2.61. The highest BCUT2D eigenvalue weighted by Gasteiger charge is 2.04. The van der Waals surface area contributed by atoms with Crippen molar-refractivity contribution >= 4 is 18.5 Å². The van der Waals surface area contributed by atoms with Gasteiger partial charge in [0.15, 0.2) is 6.29 Å². The predicted octanol–water partition coefficient (Wildman–Crippen LogP) is 3.97. The van der Waals surface area contributed by atoms with Gasteiger partial charge in [-0.15, -0.1) is 0 Å². The van der Waals surface area contributed by atoms with Crippen molar-refractivity contribution < 1.29 is 18.7 Å². The monoisotopic (exact) mass is 327 g/mol. The Labute approximate surface area is 140 Å². The fourth-order valence-electron chi connectivity index (χ4n) is 2.07. The maximum Gasteiger partial charge on any atom is 0.407 e. The highest BCUT2D eigenvalue weighted by atomic mass is 19.1. The smallest absolute Gasteiger partial charge is 0.407 e. The van der Waals surface area contributed by atoms with Gasteiger partial charge in [0.2, 0.25) is 0 Å². The van der Waals surface area contributed by atoms with Crippen LogP contribution in [0.5, 0.6) is 0 Å². The van der Waals surface area contributed by atoms with Crippen LogP contribution in [0.25, 0.3) is 6.08 Å². The van der Waals surface area contributed by atoms with Gasteiger partial charge in [-0.1, -0.05) is 54.6 Å². The number of amides is 1. The molecule has 4 nitrogen and oxygen atoms in total. The molecule has 0 bridgehead atoms. The van der Waals surface area contributed by atoms with Crippen LogP contribution in [0.3, 0.4) is 0 Å². The van der Waals surface area contributed by atoms with Crippen LogP contribution in [-0.2, 0) is 11.3 Å². The Kier molecular flexibility index (Phi) is 6.71. The van der Waals surface area contributed by atoms with E-state index in [9.17, 15) is 14.0 Å². The molecule has 0 aromatic heterocycles. The van der Waals surface area contributed by atoms with Gasteiger partial charge in [-0.25, -0.2) is 9.18 Å². The third-order valence-electron chi connectivity index (χ3n) is 3.29. The molecule has 2 rings (SSSR count). The van der Waals surface area contributed by atoms with Crippen molar-refractivity contribution in [2.45, 2.75) is 13.0 Å². The molecular weight excluding hydrogens is 309 g/mol. The lowest BCUT2D eigenvalue weighted by molar-refractivity contribution is 0.112. The highest BCUT2D eigenvalue weighted by Crippen LogP contribution is 2.14. The minimum absolute atomic E-state index is 0.209. The number of hydrogen-bond acceptors (Lipinski definition) is 3. The zero-order valence-electron chi connectivity index (χ0n) is 13.1. The van der Waals surface area contributed by atoms with Crippen LogP contribution in [0, 0.1) is 5.82 Å². The normalized spacial score (nSPS) is 10.5. The second-order valence-corrected chi connectivity index (χ2v) is 5.04. The molecule has 1 amide bonds. The largest absolute Gasteiger partial charge is 0.445 e. The first-order chi connectivity index (χ1) is 11.7. The van der Waals surface area contributed by atoms with E-state index in [0.29, 0.717) is 24.8 Å². The highest BCUT2D eigenvalue weighted by molar-refractivity contribution is 5.81. The molecule has 0 saturated heterocycles. The summed E-state index contributed by atoms with van der Waals surface area (Å²) in [6.45, 7) is 0.565. The van der Waals surface area contributed by atoms with E-state index in [1.54, 1.807) is 12.1 Å². The van der Waals surface area contributed by atoms with Gasteiger partial charge in [0.05, 0.1) is 0 Å². The van der Waals surface area contributed by atoms with Gasteiger partial charge in [-0.3, -0.25) is 4.79 Å². The molecule has 0 unspecified atom stereocenters. The van der Waals surface area contributed by atoms with Crippen molar-refractivity contribution in [3.63, 3.8) is 0 Å². The first-order valence-electron chi connectivity index (χ1n) is 7.55. The van der Waals surface area contributed by atoms with Crippen molar-refractivity contribution in [3.05, 3.63) is 77.1 Å². The van der Waals surface area contributed by atoms with Crippen LogP contribution in [-0.4, -0.2) is 18.9 Å². The third-order valence-corrected chi connectivity index (χ3v) is 3.29. The minimum Gasteiger partial charge on any atom is -0.445 e. The number of ether oxygens (including phenoxy) is 1. The zero-order valence-corrected chi connectivity index (χ0v) is 13.1. The number of aldehydes is 1. The number of nitrogens with one attached hydrogen (secondary N) is 1. The molecule has 0 aliphatic rings. The van der Waals surface area contributed by atoms with Crippen molar-refractivity contribution in [3.8, 4) is 0 Å². The maximum absolute atomic E-state index is 13.6. The summed E-state index contributed by atoms with van der Waals surface area (Å²) in [4.78, 5) is 22.4. The van der Waals surface area contributed by atoms with E-state index >= 15 is 0 Å². The number of benzene rings is 2. The van der Waals surface area contributed by atoms with Gasteiger partial charge in [-0.2, -0.15) is 0 Å². The molecular formula is C19H18FNO3. The van der Waals surface area contributed by atoms with Crippen LogP contribution in [0.1, 0.15) is 27.9 Å². The Morgan fingerprint density at radius 2 is 1.92 bits per heavy atom. The molecule has 2 aromatic carbocycles. The molecule has 0 radical (unpaired) electrons. The lowest BCUT2D eigenvalue weighted by Crippen LogP contribution is -2.24. The van der Waals surface area contributed by atoms with Crippen LogP contribution in [0.15, 0.2) is 54.6 Å². The van der Waals surface area contributed by atoms with E-state index in [1.165, 1.54) is 18.2 Å². The van der Waals surface area contributed by atoms with E-state index in [1.807, 2.05) is 30.3 Å². The molecule has 0 atom stereocenters. The fourth-order valence-corrected chi connectivity index (χ4v) is 2.07. The van der Waals surface area contributed by atoms with E-state index in [4.69, 9.17) is 4.74 Å². The molecule has 5 heteroatoms. The first-order valence-corrected chi connectivity index (χ1v) is 7.55. The number of carbonyl (C=O) groups is 2. The Hall–Kier alpha value is -2.95. The Morgan fingerprint density at radius 3 is 2.67 bits per heavy atom. The van der Waals surface area contributed by atoms with Crippen molar-refractivity contribution in [1.29, 1.82) is 0 Å². The van der Waals surface area contributed by atoms with E-state index in [2.05, 4.69) is 5.32 Å². The second-order valence-electron chi connectivity index (χ2n) is 5.04. The lowest BCUT2D eigenvalue weighted by Gasteiger charge is -2.06. The van der Waals surface area contributed by atoms with Gasteiger partial charge in [0.25, 0.3) is 0 Å². The van der Waals surface area contributed by atoms with Crippen molar-refractivity contribution in [2.75, 3.05) is 6.54 Å². The average Bonchev–Trinajstić information content (AvgIpc) is 2.61. The van der Waals surface area contributed by atoms with Gasteiger partial charge in [0.1, 0.15) is 12.4 Å². The summed E-state index contributed by atoms with van der Waals surface area (Å²) in [5.74, 6) is -0.453. The van der Waals surface area contributed by atoms with Gasteiger partial charge in [0, 0.05) is 17.7 Å². The number of halogens is 1. The van der Waals surface area contributed by atoms with Crippen LogP contribution >= 0.6 is 0 Å². The molecule has 0 fully saturated rings. The summed E-state index contributed by atoms with van der Waals surface area (Å²) in [6, 6.07) is 13.7. The molecule has 0 heterocycles. The summed E-state index contributed by atoms with van der Waals surface area (Å²) in [7, 11) is 0. The Bertz CT molecular complexity index is 714. The zero-order chi connectivity index (χ0) is 17.2. The summed E-state index contributed by atoms with van der Waals surface area (Å²) >= 11 is 0. The van der Waals surface area contributed by atoms with Crippen LogP contribution in [0.4, 0.5) is 9.18 Å². The van der Waals surface area contributed by atoms with Gasteiger partial charge < -0.3 is 10.1 Å². The summed E-state index contributed by atoms with van der Waals surface area (Å²) in [5.41, 5.74) is 1.45. The standard InChI is InChI=1S/C19H18FNO3/c20-18-11-6-9-16(13-22)17(18)10-4-5-12-21-19(23)24-14-15-7-2-1-3-8-15/h1-4,6-11,13H,5,12,14H2,(H,21,23). The Balaban J connectivity index is 1.73. The van der Waals surface area contributed by atoms with Crippen LogP contribution in [0.2, 0.25) is 0 Å². The van der Waals surface area contributed by atoms with Gasteiger partial charge >= 0.3 is 6.09 Å². The molecule has 124 valence electrons. The molecule has 2 aromatic rings. The van der Waals surface area contributed by atoms with Crippen LogP contribution < -0.4 is 5.32 Å². The summed E-state index contributed by atoms with van der Waals surface area (Å²) < 4.78 is 18.7. The second kappa shape index (κ2) is 9.25. The molecule has 0 aliphatic heterocycles. The minimum atomic E-state index is -0.508. The van der Waals surface area contributed by atoms with Crippen molar-refractivity contribution in [2.24, 2.45) is 0 Å². The topological polar surface area (TPSA) is 55.4 Å². The Morgan fingerprint density at radius 1 is 1.12 bits per heavy atom. The van der Waals surface area contributed by atoms with E-state index < -0.39 is 11.9 Å². The number of alkyl carbamates (subject to hydrolysis) is 1. The first kappa shape index (κ1) is 17.4. The molecule has 1 N–H and O–H groups in total. The van der Waals surface area contributed by atoms with Crippen molar-refractivity contribution in [1.82, 2.24) is 5.32 Å². The number of carbonyl (C=O) groups excluding carboxylic acids is 2. The van der Waals surface area contributed by atoms with E-state index in [-0.39, 0.29) is 12.2 Å². The molecule has 0 saturated carbocycles. The van der Waals surface area contributed by atoms with Gasteiger partial charge in [-0.05, 0) is 18.1 Å². The molecule has 0 aliphatic carbocycles. The summed E-state index contributed by atoms with van der Waals surface area (Å²) in [6.07, 6.45) is 3.83. The fraction of sp³-hybridized carbons (Fsp3) is 0.158. The number of rotatable bonds is 7. The predicted molar refractivity (Wildman–Crippen MR) is 90.1 cm³/mol. The molecule has 24 heavy (non-hydrogen) atoms. The average molecular weight is 327 g/mol. The maximum atomic E-state index is 13.6. The quantitative estimate of drug-likeness (QED) is 0.618. The number of hydrogen-bond donors (Lipinski definition) is 1. The molecule has 0 spiro atoms.